The van der Waals surface area contributed by atoms with Gasteiger partial charge in [0.1, 0.15) is 11.8 Å². The van der Waals surface area contributed by atoms with Gasteiger partial charge >= 0.3 is 0 Å². The first kappa shape index (κ1) is 27.9. The van der Waals surface area contributed by atoms with Gasteiger partial charge in [-0.05, 0) is 67.3 Å². The molecule has 0 saturated heterocycles. The Morgan fingerprint density at radius 1 is 0.917 bits per heavy atom. The smallest absolute Gasteiger partial charge is 0.261 e. The van der Waals surface area contributed by atoms with Crippen LogP contribution in [0.5, 0.6) is 5.75 Å². The molecular formula is C28H29Cl3N2O3. The van der Waals surface area contributed by atoms with Crippen molar-refractivity contribution in [3.8, 4) is 5.75 Å². The fraction of sp³-hybridized carbons (Fsp3) is 0.286. The third kappa shape index (κ3) is 7.39. The highest BCUT2D eigenvalue weighted by Gasteiger charge is 2.30. The molecule has 0 fully saturated rings. The van der Waals surface area contributed by atoms with E-state index in [1.54, 1.807) is 30.3 Å². The Kier molecular flexibility index (Phi) is 10.1. The van der Waals surface area contributed by atoms with Gasteiger partial charge in [0.2, 0.25) is 5.91 Å². The number of likely N-dealkylation sites (N-methyl/N-ethyl adjacent to an activating group) is 1. The molecule has 0 bridgehead atoms. The summed E-state index contributed by atoms with van der Waals surface area (Å²) in [5.74, 6) is -0.0404. The van der Waals surface area contributed by atoms with E-state index in [-0.39, 0.29) is 25.0 Å². The van der Waals surface area contributed by atoms with Gasteiger partial charge in [0.15, 0.2) is 6.61 Å². The topological polar surface area (TPSA) is 58.6 Å². The highest BCUT2D eigenvalue weighted by molar-refractivity contribution is 6.42. The van der Waals surface area contributed by atoms with Crippen molar-refractivity contribution in [2.24, 2.45) is 0 Å². The number of nitrogens with one attached hydrogen (secondary N) is 1. The van der Waals surface area contributed by atoms with E-state index >= 15 is 0 Å². The lowest BCUT2D eigenvalue weighted by molar-refractivity contribution is -0.142. The molecule has 3 rings (SSSR count). The summed E-state index contributed by atoms with van der Waals surface area (Å²) >= 11 is 18.6. The normalized spacial score (nSPS) is 11.6. The Morgan fingerprint density at radius 2 is 1.58 bits per heavy atom. The van der Waals surface area contributed by atoms with E-state index in [1.165, 1.54) is 4.90 Å². The number of carbonyl (C=O) groups excluding carboxylic acids is 2. The second-order valence-corrected chi connectivity index (χ2v) is 9.72. The Balaban J connectivity index is 1.92. The minimum absolute atomic E-state index is 0.159. The predicted molar refractivity (Wildman–Crippen MR) is 146 cm³/mol. The molecule has 0 unspecified atom stereocenters. The second-order valence-electron chi connectivity index (χ2n) is 8.53. The van der Waals surface area contributed by atoms with E-state index in [1.807, 2.05) is 51.1 Å². The molecule has 3 aromatic rings. The molecule has 1 atom stereocenters. The summed E-state index contributed by atoms with van der Waals surface area (Å²) in [7, 11) is 0. The van der Waals surface area contributed by atoms with Gasteiger partial charge in [-0.1, -0.05) is 71.2 Å². The summed E-state index contributed by atoms with van der Waals surface area (Å²) in [6.07, 6.45) is 0.346. The Bertz CT molecular complexity index is 1190. The van der Waals surface area contributed by atoms with Crippen molar-refractivity contribution >= 4 is 46.6 Å². The van der Waals surface area contributed by atoms with Crippen LogP contribution >= 0.6 is 34.8 Å². The minimum Gasteiger partial charge on any atom is -0.484 e. The van der Waals surface area contributed by atoms with E-state index in [0.29, 0.717) is 33.8 Å². The molecule has 0 heterocycles. The van der Waals surface area contributed by atoms with Crippen molar-refractivity contribution in [3.05, 3.63) is 98.0 Å². The molecule has 0 spiro atoms. The lowest BCUT2D eigenvalue weighted by Crippen LogP contribution is -2.51. The highest BCUT2D eigenvalue weighted by Crippen LogP contribution is 2.27. The SMILES string of the molecule is CCNC(=O)[C@@H](Cc1ccccc1)N(Cc1ccc(Cl)c(Cl)c1)C(=O)COc1cc(C)c(Cl)c(C)c1. The number of amides is 2. The Morgan fingerprint density at radius 3 is 2.19 bits per heavy atom. The summed E-state index contributed by atoms with van der Waals surface area (Å²) in [5, 5.41) is 4.32. The van der Waals surface area contributed by atoms with Gasteiger partial charge in [-0.15, -0.1) is 0 Å². The van der Waals surface area contributed by atoms with Crippen LogP contribution in [0.2, 0.25) is 15.1 Å². The van der Waals surface area contributed by atoms with Crippen molar-refractivity contribution in [1.82, 2.24) is 10.2 Å². The molecule has 0 aliphatic heterocycles. The largest absolute Gasteiger partial charge is 0.484 e. The quantitative estimate of drug-likeness (QED) is 0.319. The molecule has 1 N–H and O–H groups in total. The van der Waals surface area contributed by atoms with Crippen LogP contribution < -0.4 is 10.1 Å². The van der Waals surface area contributed by atoms with Gasteiger partial charge < -0.3 is 15.0 Å². The Hall–Kier alpha value is -2.73. The Labute approximate surface area is 227 Å². The van der Waals surface area contributed by atoms with Crippen LogP contribution in [-0.4, -0.2) is 35.9 Å². The number of ether oxygens (including phenoxy) is 1. The third-order valence-electron chi connectivity index (χ3n) is 5.73. The van der Waals surface area contributed by atoms with Gasteiger partial charge in [0, 0.05) is 24.5 Å². The maximum atomic E-state index is 13.6. The number of hydrogen-bond donors (Lipinski definition) is 1. The van der Waals surface area contributed by atoms with Crippen LogP contribution in [0.15, 0.2) is 60.7 Å². The van der Waals surface area contributed by atoms with E-state index in [4.69, 9.17) is 39.5 Å². The number of carbonyl (C=O) groups is 2. The number of rotatable bonds is 10. The van der Waals surface area contributed by atoms with Crippen molar-refractivity contribution in [2.45, 2.75) is 39.8 Å². The summed E-state index contributed by atoms with van der Waals surface area (Å²) in [5.41, 5.74) is 3.40. The van der Waals surface area contributed by atoms with Gasteiger partial charge in [-0.2, -0.15) is 0 Å². The lowest BCUT2D eigenvalue weighted by Gasteiger charge is -2.31. The molecule has 5 nitrogen and oxygen atoms in total. The summed E-state index contributed by atoms with van der Waals surface area (Å²) < 4.78 is 5.86. The average Bonchev–Trinajstić information content (AvgIpc) is 2.86. The van der Waals surface area contributed by atoms with Crippen LogP contribution in [0.1, 0.15) is 29.2 Å². The molecule has 0 saturated carbocycles. The predicted octanol–water partition coefficient (Wildman–Crippen LogP) is 6.42. The van der Waals surface area contributed by atoms with Crippen LogP contribution in [-0.2, 0) is 22.6 Å². The van der Waals surface area contributed by atoms with Crippen LogP contribution in [0.3, 0.4) is 0 Å². The molecular weight excluding hydrogens is 519 g/mol. The molecule has 36 heavy (non-hydrogen) atoms. The average molecular weight is 548 g/mol. The maximum absolute atomic E-state index is 13.6. The van der Waals surface area contributed by atoms with Crippen LogP contribution in [0.25, 0.3) is 0 Å². The monoisotopic (exact) mass is 546 g/mol. The van der Waals surface area contributed by atoms with Crippen molar-refractivity contribution in [2.75, 3.05) is 13.2 Å². The van der Waals surface area contributed by atoms with Crippen molar-refractivity contribution < 1.29 is 14.3 Å². The zero-order valence-electron chi connectivity index (χ0n) is 20.5. The molecule has 0 radical (unpaired) electrons. The minimum atomic E-state index is -0.758. The van der Waals surface area contributed by atoms with E-state index in [0.717, 1.165) is 22.3 Å². The molecule has 8 heteroatoms. The first-order chi connectivity index (χ1) is 17.2. The number of aryl methyl sites for hydroxylation is 2. The highest BCUT2D eigenvalue weighted by atomic mass is 35.5. The fourth-order valence-electron chi connectivity index (χ4n) is 3.90. The maximum Gasteiger partial charge on any atom is 0.261 e. The summed E-state index contributed by atoms with van der Waals surface area (Å²) in [4.78, 5) is 28.3. The fourth-order valence-corrected chi connectivity index (χ4v) is 4.33. The number of halogens is 3. The van der Waals surface area contributed by atoms with Gasteiger partial charge in [0.05, 0.1) is 10.0 Å². The summed E-state index contributed by atoms with van der Waals surface area (Å²) in [6, 6.07) is 17.6. The molecule has 0 aromatic heterocycles. The van der Waals surface area contributed by atoms with Crippen molar-refractivity contribution in [3.63, 3.8) is 0 Å². The number of hydrogen-bond acceptors (Lipinski definition) is 3. The molecule has 3 aromatic carbocycles. The van der Waals surface area contributed by atoms with Crippen LogP contribution in [0, 0.1) is 13.8 Å². The number of nitrogens with zero attached hydrogens (tertiary/aromatic N) is 1. The van der Waals surface area contributed by atoms with E-state index < -0.39 is 6.04 Å². The van der Waals surface area contributed by atoms with E-state index in [9.17, 15) is 9.59 Å². The molecule has 2 amide bonds. The molecule has 0 aliphatic rings. The number of benzene rings is 3. The van der Waals surface area contributed by atoms with Gasteiger partial charge in [0.25, 0.3) is 5.91 Å². The molecule has 0 aliphatic carbocycles. The standard InChI is InChI=1S/C28H29Cl3N2O3/c1-4-32-28(35)25(15-20-8-6-5-7-9-20)33(16-21-10-11-23(29)24(30)14-21)26(34)17-36-22-12-18(2)27(31)19(3)13-22/h5-14,25H,4,15-17H2,1-3H3,(H,32,35)/t25-/m1/s1. The van der Waals surface area contributed by atoms with Crippen LogP contribution in [0.4, 0.5) is 0 Å². The van der Waals surface area contributed by atoms with Gasteiger partial charge in [-0.3, -0.25) is 9.59 Å². The first-order valence-electron chi connectivity index (χ1n) is 11.6. The molecule has 190 valence electrons. The zero-order chi connectivity index (χ0) is 26.2. The van der Waals surface area contributed by atoms with E-state index in [2.05, 4.69) is 5.32 Å². The van der Waals surface area contributed by atoms with Gasteiger partial charge in [-0.25, -0.2) is 0 Å². The zero-order valence-corrected chi connectivity index (χ0v) is 22.8. The second kappa shape index (κ2) is 13.0. The van der Waals surface area contributed by atoms with Crippen molar-refractivity contribution in [1.29, 1.82) is 0 Å². The lowest BCUT2D eigenvalue weighted by atomic mass is 10.0. The first-order valence-corrected chi connectivity index (χ1v) is 12.8. The summed E-state index contributed by atoms with van der Waals surface area (Å²) in [6.45, 7) is 5.96. The third-order valence-corrected chi connectivity index (χ3v) is 7.07.